The summed E-state index contributed by atoms with van der Waals surface area (Å²) in [6, 6.07) is 7.49. The van der Waals surface area contributed by atoms with Crippen molar-refractivity contribution >= 4 is 11.9 Å². The van der Waals surface area contributed by atoms with Crippen LogP contribution in [0.15, 0.2) is 24.3 Å². The molecule has 0 atom stereocenters. The molecule has 6 nitrogen and oxygen atoms in total. The molecule has 0 bridgehead atoms. The van der Waals surface area contributed by atoms with E-state index in [9.17, 15) is 9.59 Å². The molecule has 1 heterocycles. The van der Waals surface area contributed by atoms with E-state index < -0.39 is 0 Å². The summed E-state index contributed by atoms with van der Waals surface area (Å²) in [5.41, 5.74) is 1.18. The Labute approximate surface area is 137 Å². The van der Waals surface area contributed by atoms with Crippen LogP contribution in [0.25, 0.3) is 0 Å². The molecule has 2 rings (SSSR count). The van der Waals surface area contributed by atoms with E-state index >= 15 is 0 Å². The van der Waals surface area contributed by atoms with Crippen molar-refractivity contribution in [1.82, 2.24) is 15.5 Å². The van der Waals surface area contributed by atoms with E-state index in [0.717, 1.165) is 31.7 Å². The van der Waals surface area contributed by atoms with Crippen LogP contribution in [0.3, 0.4) is 0 Å². The van der Waals surface area contributed by atoms with Gasteiger partial charge in [0, 0.05) is 26.1 Å². The van der Waals surface area contributed by atoms with Gasteiger partial charge in [0.1, 0.15) is 12.4 Å². The Morgan fingerprint density at radius 3 is 2.43 bits per heavy atom. The lowest BCUT2D eigenvalue weighted by molar-refractivity contribution is -0.129. The van der Waals surface area contributed by atoms with E-state index in [1.165, 1.54) is 5.56 Å². The highest BCUT2D eigenvalue weighted by Crippen LogP contribution is 2.10. The molecule has 1 aromatic carbocycles. The Morgan fingerprint density at radius 2 is 1.74 bits per heavy atom. The molecule has 0 unspecified atom stereocenters. The molecule has 1 fully saturated rings. The first-order chi connectivity index (χ1) is 11.1. The second kappa shape index (κ2) is 9.02. The van der Waals surface area contributed by atoms with E-state index in [0.29, 0.717) is 26.1 Å². The lowest BCUT2D eigenvalue weighted by Gasteiger charge is -2.15. The number of rotatable bonds is 7. The number of hydrogen-bond acceptors (Lipinski definition) is 3. The lowest BCUT2D eigenvalue weighted by Crippen LogP contribution is -2.39. The molecule has 1 aliphatic rings. The minimum Gasteiger partial charge on any atom is -0.492 e. The number of aryl methyl sites for hydroxylation is 1. The lowest BCUT2D eigenvalue weighted by atomic mass is 10.2. The largest absolute Gasteiger partial charge is 0.492 e. The van der Waals surface area contributed by atoms with Crippen LogP contribution in [0.5, 0.6) is 5.75 Å². The normalized spacial score (nSPS) is 13.7. The van der Waals surface area contributed by atoms with E-state index in [1.54, 1.807) is 0 Å². The summed E-state index contributed by atoms with van der Waals surface area (Å²) in [4.78, 5) is 25.3. The monoisotopic (exact) mass is 319 g/mol. The van der Waals surface area contributed by atoms with Gasteiger partial charge in [0.15, 0.2) is 0 Å². The van der Waals surface area contributed by atoms with Crippen LogP contribution in [0.4, 0.5) is 4.79 Å². The molecule has 0 radical (unpaired) electrons. The molecule has 1 saturated heterocycles. The minimum atomic E-state index is -0.272. The number of ether oxygens (including phenoxy) is 1. The maximum Gasteiger partial charge on any atom is 0.314 e. The molecule has 2 N–H and O–H groups in total. The Bertz CT molecular complexity index is 510. The third-order valence-corrected chi connectivity index (χ3v) is 3.76. The summed E-state index contributed by atoms with van der Waals surface area (Å²) in [5, 5.41) is 5.40. The molecule has 1 aliphatic heterocycles. The smallest absolute Gasteiger partial charge is 0.314 e. The van der Waals surface area contributed by atoms with Crippen LogP contribution >= 0.6 is 0 Å². The van der Waals surface area contributed by atoms with Crippen LogP contribution in [0.2, 0.25) is 0 Å². The van der Waals surface area contributed by atoms with Crippen LogP contribution in [-0.2, 0) is 4.79 Å². The highest BCUT2D eigenvalue weighted by atomic mass is 16.5. The number of carbonyl (C=O) groups excluding carboxylic acids is 2. The fraction of sp³-hybridized carbons (Fsp3) is 0.529. The quantitative estimate of drug-likeness (QED) is 0.751. The molecule has 23 heavy (non-hydrogen) atoms. The van der Waals surface area contributed by atoms with Crippen molar-refractivity contribution in [3.05, 3.63) is 29.8 Å². The van der Waals surface area contributed by atoms with E-state index in [2.05, 4.69) is 10.6 Å². The summed E-state index contributed by atoms with van der Waals surface area (Å²) in [6.07, 6.45) is 2.52. The predicted octanol–water partition coefficient (Wildman–Crippen LogP) is 1.69. The molecule has 0 aliphatic carbocycles. The molecular weight excluding hydrogens is 294 g/mol. The maximum atomic E-state index is 11.8. The van der Waals surface area contributed by atoms with Crippen LogP contribution in [0.1, 0.15) is 24.8 Å². The zero-order chi connectivity index (χ0) is 16.5. The van der Waals surface area contributed by atoms with Crippen molar-refractivity contribution < 1.29 is 14.3 Å². The predicted molar refractivity (Wildman–Crippen MR) is 88.5 cm³/mol. The van der Waals surface area contributed by atoms with Gasteiger partial charge in [-0.1, -0.05) is 17.7 Å². The summed E-state index contributed by atoms with van der Waals surface area (Å²) >= 11 is 0. The average molecular weight is 319 g/mol. The van der Waals surface area contributed by atoms with E-state index in [4.69, 9.17) is 4.74 Å². The van der Waals surface area contributed by atoms with Gasteiger partial charge in [-0.2, -0.15) is 0 Å². The SMILES string of the molecule is Cc1ccc(OCCNC(=O)NCCC(=O)N2CCCC2)cc1. The van der Waals surface area contributed by atoms with Crippen LogP contribution in [-0.4, -0.2) is 49.6 Å². The number of hydrogen-bond donors (Lipinski definition) is 2. The minimum absolute atomic E-state index is 0.116. The van der Waals surface area contributed by atoms with Gasteiger partial charge in [-0.15, -0.1) is 0 Å². The summed E-state index contributed by atoms with van der Waals surface area (Å²) in [6.45, 7) is 4.90. The summed E-state index contributed by atoms with van der Waals surface area (Å²) < 4.78 is 5.52. The van der Waals surface area contributed by atoms with Crippen molar-refractivity contribution in [2.24, 2.45) is 0 Å². The molecule has 6 heteroatoms. The van der Waals surface area contributed by atoms with Gasteiger partial charge in [-0.3, -0.25) is 4.79 Å². The van der Waals surface area contributed by atoms with Gasteiger partial charge >= 0.3 is 6.03 Å². The zero-order valence-corrected chi connectivity index (χ0v) is 13.6. The number of nitrogens with one attached hydrogen (secondary N) is 2. The molecule has 0 saturated carbocycles. The second-order valence-electron chi connectivity index (χ2n) is 5.68. The Morgan fingerprint density at radius 1 is 1.09 bits per heavy atom. The molecule has 3 amide bonds. The number of likely N-dealkylation sites (tertiary alicyclic amines) is 1. The van der Waals surface area contributed by atoms with Crippen molar-refractivity contribution in [2.75, 3.05) is 32.8 Å². The highest BCUT2D eigenvalue weighted by Gasteiger charge is 2.17. The van der Waals surface area contributed by atoms with Crippen molar-refractivity contribution in [3.8, 4) is 5.75 Å². The first kappa shape index (κ1) is 17.1. The molecule has 1 aromatic rings. The Balaban J connectivity index is 1.51. The molecule has 0 aromatic heterocycles. The molecule has 0 spiro atoms. The van der Waals surface area contributed by atoms with Gasteiger partial charge in [0.05, 0.1) is 6.54 Å². The third kappa shape index (κ3) is 6.18. The van der Waals surface area contributed by atoms with Gasteiger partial charge in [0.25, 0.3) is 0 Å². The zero-order valence-electron chi connectivity index (χ0n) is 13.6. The molecular formula is C17H25N3O3. The van der Waals surface area contributed by atoms with Gasteiger partial charge in [-0.25, -0.2) is 4.79 Å². The second-order valence-corrected chi connectivity index (χ2v) is 5.68. The van der Waals surface area contributed by atoms with Crippen molar-refractivity contribution in [3.63, 3.8) is 0 Å². The molecule has 126 valence electrons. The highest BCUT2D eigenvalue weighted by molar-refractivity contribution is 5.78. The van der Waals surface area contributed by atoms with Crippen molar-refractivity contribution in [1.29, 1.82) is 0 Å². The van der Waals surface area contributed by atoms with Gasteiger partial charge in [-0.05, 0) is 31.9 Å². The summed E-state index contributed by atoms with van der Waals surface area (Å²) in [5.74, 6) is 0.902. The first-order valence-corrected chi connectivity index (χ1v) is 8.14. The number of nitrogens with zero attached hydrogens (tertiary/aromatic N) is 1. The topological polar surface area (TPSA) is 70.7 Å². The standard InChI is InChI=1S/C17H25N3O3/c1-14-4-6-15(7-5-14)23-13-10-19-17(22)18-9-8-16(21)20-11-2-3-12-20/h4-7H,2-3,8-13H2,1H3,(H2,18,19,22). The van der Waals surface area contributed by atoms with Crippen molar-refractivity contribution in [2.45, 2.75) is 26.2 Å². The third-order valence-electron chi connectivity index (χ3n) is 3.76. The van der Waals surface area contributed by atoms with E-state index in [-0.39, 0.29) is 11.9 Å². The first-order valence-electron chi connectivity index (χ1n) is 8.14. The fourth-order valence-corrected chi connectivity index (χ4v) is 2.44. The number of urea groups is 1. The maximum absolute atomic E-state index is 11.8. The fourth-order valence-electron chi connectivity index (χ4n) is 2.44. The Kier molecular flexibility index (Phi) is 6.72. The Hall–Kier alpha value is -2.24. The number of benzene rings is 1. The van der Waals surface area contributed by atoms with Gasteiger partial charge < -0.3 is 20.3 Å². The summed E-state index contributed by atoms with van der Waals surface area (Å²) in [7, 11) is 0. The number of amides is 3. The van der Waals surface area contributed by atoms with Crippen LogP contribution < -0.4 is 15.4 Å². The van der Waals surface area contributed by atoms with E-state index in [1.807, 2.05) is 36.1 Å². The average Bonchev–Trinajstić information content (AvgIpc) is 3.08. The van der Waals surface area contributed by atoms with Gasteiger partial charge in [0.2, 0.25) is 5.91 Å². The number of carbonyl (C=O) groups is 2. The van der Waals surface area contributed by atoms with Crippen LogP contribution in [0, 0.1) is 6.92 Å².